The molecule has 3 aromatic rings. The zero-order valence-corrected chi connectivity index (χ0v) is 11.6. The average Bonchev–Trinajstić information content (AvgIpc) is 2.78. The number of fused-ring (bicyclic) bond motifs is 1. The first-order valence-corrected chi connectivity index (χ1v) is 6.69. The summed E-state index contributed by atoms with van der Waals surface area (Å²) >= 11 is 5.92. The molecule has 0 amide bonds. The summed E-state index contributed by atoms with van der Waals surface area (Å²) in [7, 11) is 0. The molecule has 0 aliphatic rings. The summed E-state index contributed by atoms with van der Waals surface area (Å²) in [6.07, 6.45) is 3.44. The summed E-state index contributed by atoms with van der Waals surface area (Å²) in [6, 6.07) is 4.53. The maximum atomic E-state index is 13.2. The molecular weight excluding hydrogens is 279 g/mol. The van der Waals surface area contributed by atoms with Crippen LogP contribution in [0.2, 0.25) is 0 Å². The van der Waals surface area contributed by atoms with E-state index in [0.29, 0.717) is 17.9 Å². The number of alkyl halides is 1. The average molecular weight is 291 g/mol. The Balaban J connectivity index is 2.07. The molecule has 2 heterocycles. The van der Waals surface area contributed by atoms with Crippen LogP contribution in [0.5, 0.6) is 0 Å². The van der Waals surface area contributed by atoms with Crippen molar-refractivity contribution in [1.29, 1.82) is 0 Å². The Bertz CT molecular complexity index is 752. The van der Waals surface area contributed by atoms with Crippen molar-refractivity contribution in [1.82, 2.24) is 19.5 Å². The van der Waals surface area contributed by atoms with Crippen molar-refractivity contribution in [3.63, 3.8) is 0 Å². The van der Waals surface area contributed by atoms with Gasteiger partial charge in [0.15, 0.2) is 0 Å². The van der Waals surface area contributed by atoms with Crippen molar-refractivity contribution >= 4 is 22.6 Å². The Hall–Kier alpha value is -2.01. The number of imidazole rings is 1. The molecule has 0 bridgehead atoms. The van der Waals surface area contributed by atoms with Gasteiger partial charge in [-0.3, -0.25) is 9.97 Å². The van der Waals surface area contributed by atoms with Crippen molar-refractivity contribution in [3.8, 4) is 0 Å². The fourth-order valence-electron chi connectivity index (χ4n) is 2.09. The number of aromatic nitrogens is 4. The highest BCUT2D eigenvalue weighted by molar-refractivity contribution is 6.16. The van der Waals surface area contributed by atoms with Crippen LogP contribution in [0.15, 0.2) is 30.6 Å². The number of hydrogen-bond donors (Lipinski definition) is 0. The minimum absolute atomic E-state index is 0.260. The second-order valence-corrected chi connectivity index (χ2v) is 4.80. The molecule has 0 saturated carbocycles. The van der Waals surface area contributed by atoms with Gasteiger partial charge in [-0.2, -0.15) is 0 Å². The lowest BCUT2D eigenvalue weighted by molar-refractivity contribution is 0.629. The zero-order valence-electron chi connectivity index (χ0n) is 10.8. The van der Waals surface area contributed by atoms with E-state index in [1.807, 2.05) is 11.5 Å². The Morgan fingerprint density at radius 1 is 1.25 bits per heavy atom. The number of benzene rings is 1. The van der Waals surface area contributed by atoms with Gasteiger partial charge < -0.3 is 4.57 Å². The van der Waals surface area contributed by atoms with Crippen molar-refractivity contribution < 1.29 is 4.39 Å². The highest BCUT2D eigenvalue weighted by Crippen LogP contribution is 2.19. The largest absolute Gasteiger partial charge is 0.321 e. The summed E-state index contributed by atoms with van der Waals surface area (Å²) < 4.78 is 15.2. The molecule has 0 unspecified atom stereocenters. The highest BCUT2D eigenvalue weighted by atomic mass is 35.5. The van der Waals surface area contributed by atoms with E-state index in [4.69, 9.17) is 11.6 Å². The third-order valence-corrected chi connectivity index (χ3v) is 3.30. The molecule has 0 spiro atoms. The molecule has 2 aromatic heterocycles. The molecule has 0 atom stereocenters. The molecule has 20 heavy (non-hydrogen) atoms. The monoisotopic (exact) mass is 290 g/mol. The van der Waals surface area contributed by atoms with Crippen LogP contribution in [0.1, 0.15) is 17.2 Å². The van der Waals surface area contributed by atoms with Gasteiger partial charge in [0.05, 0.1) is 41.0 Å². The van der Waals surface area contributed by atoms with Gasteiger partial charge in [0.1, 0.15) is 11.6 Å². The molecule has 0 aliphatic heterocycles. The van der Waals surface area contributed by atoms with E-state index in [0.717, 1.165) is 16.9 Å². The van der Waals surface area contributed by atoms with Gasteiger partial charge in [-0.05, 0) is 19.1 Å². The Morgan fingerprint density at radius 3 is 2.80 bits per heavy atom. The quantitative estimate of drug-likeness (QED) is 0.696. The van der Waals surface area contributed by atoms with Gasteiger partial charge in [-0.15, -0.1) is 11.6 Å². The lowest BCUT2D eigenvalue weighted by Gasteiger charge is -2.07. The first-order chi connectivity index (χ1) is 9.67. The maximum absolute atomic E-state index is 13.2. The van der Waals surface area contributed by atoms with Crippen LogP contribution >= 0.6 is 11.6 Å². The van der Waals surface area contributed by atoms with Crippen LogP contribution in [0.4, 0.5) is 4.39 Å². The number of rotatable bonds is 3. The SMILES string of the molecule is Cc1cnc(Cn2c(CCl)nc3cc(F)ccc32)cn1. The first-order valence-electron chi connectivity index (χ1n) is 6.15. The van der Waals surface area contributed by atoms with Gasteiger partial charge in [-0.1, -0.05) is 0 Å². The topological polar surface area (TPSA) is 43.6 Å². The lowest BCUT2D eigenvalue weighted by Crippen LogP contribution is -2.06. The summed E-state index contributed by atoms with van der Waals surface area (Å²) in [5.41, 5.74) is 3.11. The van der Waals surface area contributed by atoms with E-state index in [9.17, 15) is 4.39 Å². The summed E-state index contributed by atoms with van der Waals surface area (Å²) in [5.74, 6) is 0.642. The van der Waals surface area contributed by atoms with Crippen LogP contribution in [0, 0.1) is 12.7 Å². The van der Waals surface area contributed by atoms with Crippen molar-refractivity contribution in [2.75, 3.05) is 0 Å². The van der Waals surface area contributed by atoms with Gasteiger partial charge in [-0.25, -0.2) is 9.37 Å². The first kappa shape index (κ1) is 13.0. The second-order valence-electron chi connectivity index (χ2n) is 4.53. The fraction of sp³-hybridized carbons (Fsp3) is 0.214. The van der Waals surface area contributed by atoms with Crippen LogP contribution in [0.3, 0.4) is 0 Å². The maximum Gasteiger partial charge on any atom is 0.125 e. The van der Waals surface area contributed by atoms with Crippen LogP contribution < -0.4 is 0 Å². The molecule has 0 radical (unpaired) electrons. The molecule has 102 valence electrons. The fourth-order valence-corrected chi connectivity index (χ4v) is 2.30. The van der Waals surface area contributed by atoms with Gasteiger partial charge in [0.25, 0.3) is 0 Å². The van der Waals surface area contributed by atoms with Crippen molar-refractivity contribution in [2.45, 2.75) is 19.3 Å². The van der Waals surface area contributed by atoms with Crippen LogP contribution in [0.25, 0.3) is 11.0 Å². The van der Waals surface area contributed by atoms with Crippen molar-refractivity contribution in [2.24, 2.45) is 0 Å². The molecular formula is C14H12ClFN4. The Morgan fingerprint density at radius 2 is 2.10 bits per heavy atom. The van der Waals surface area contributed by atoms with E-state index in [1.165, 1.54) is 12.1 Å². The minimum atomic E-state index is -0.307. The van der Waals surface area contributed by atoms with Gasteiger partial charge in [0, 0.05) is 12.3 Å². The number of halogens is 2. The number of aryl methyl sites for hydroxylation is 1. The lowest BCUT2D eigenvalue weighted by atomic mass is 10.3. The second kappa shape index (κ2) is 5.17. The Kier molecular flexibility index (Phi) is 3.36. The smallest absolute Gasteiger partial charge is 0.125 e. The van der Waals surface area contributed by atoms with Gasteiger partial charge in [0.2, 0.25) is 0 Å². The normalized spacial score (nSPS) is 11.2. The predicted molar refractivity (Wildman–Crippen MR) is 75.1 cm³/mol. The standard InChI is InChI=1S/C14H12ClFN4/c1-9-6-18-11(7-17-9)8-20-13-3-2-10(16)4-12(13)19-14(20)5-15/h2-4,6-7H,5,8H2,1H3. The third-order valence-electron chi connectivity index (χ3n) is 3.06. The predicted octanol–water partition coefficient (Wildman–Crippen LogP) is 3.06. The molecule has 3 rings (SSSR count). The van der Waals surface area contributed by atoms with Crippen LogP contribution in [-0.2, 0) is 12.4 Å². The van der Waals surface area contributed by atoms with E-state index < -0.39 is 0 Å². The summed E-state index contributed by atoms with van der Waals surface area (Å²) in [5, 5.41) is 0. The molecule has 0 saturated heterocycles. The summed E-state index contributed by atoms with van der Waals surface area (Å²) in [4.78, 5) is 12.9. The highest BCUT2D eigenvalue weighted by Gasteiger charge is 2.11. The van der Waals surface area contributed by atoms with E-state index in [1.54, 1.807) is 18.5 Å². The van der Waals surface area contributed by atoms with E-state index in [2.05, 4.69) is 15.0 Å². The number of nitrogens with zero attached hydrogens (tertiary/aromatic N) is 4. The Labute approximate surface area is 120 Å². The summed E-state index contributed by atoms with van der Waals surface area (Å²) in [6.45, 7) is 2.40. The molecule has 0 aliphatic carbocycles. The van der Waals surface area contributed by atoms with Crippen molar-refractivity contribution in [3.05, 3.63) is 53.6 Å². The zero-order chi connectivity index (χ0) is 14.1. The molecule has 0 fully saturated rings. The third kappa shape index (κ3) is 2.36. The van der Waals surface area contributed by atoms with Crippen LogP contribution in [-0.4, -0.2) is 19.5 Å². The molecule has 4 nitrogen and oxygen atoms in total. The molecule has 6 heteroatoms. The van der Waals surface area contributed by atoms with E-state index in [-0.39, 0.29) is 11.7 Å². The molecule has 1 aromatic carbocycles. The number of hydrogen-bond acceptors (Lipinski definition) is 3. The minimum Gasteiger partial charge on any atom is -0.321 e. The van der Waals surface area contributed by atoms with E-state index >= 15 is 0 Å². The molecule has 0 N–H and O–H groups in total. The van der Waals surface area contributed by atoms with Gasteiger partial charge >= 0.3 is 0 Å².